The summed E-state index contributed by atoms with van der Waals surface area (Å²) in [4.78, 5) is 11.1. The van der Waals surface area contributed by atoms with Gasteiger partial charge < -0.3 is 10.6 Å². The SMILES string of the molecule is CCN(CCN)c1cnc2ccccc2n1. The molecule has 0 aliphatic rings. The van der Waals surface area contributed by atoms with E-state index in [2.05, 4.69) is 21.8 Å². The lowest BCUT2D eigenvalue weighted by molar-refractivity contribution is 0.802. The highest BCUT2D eigenvalue weighted by atomic mass is 15.2. The second kappa shape index (κ2) is 4.90. The first kappa shape index (κ1) is 10.8. The van der Waals surface area contributed by atoms with E-state index in [1.165, 1.54) is 0 Å². The van der Waals surface area contributed by atoms with E-state index >= 15 is 0 Å². The van der Waals surface area contributed by atoms with Gasteiger partial charge in [-0.25, -0.2) is 4.98 Å². The number of nitrogens with zero attached hydrogens (tertiary/aromatic N) is 3. The minimum atomic E-state index is 0.627. The van der Waals surface area contributed by atoms with Crippen molar-refractivity contribution in [1.29, 1.82) is 0 Å². The summed E-state index contributed by atoms with van der Waals surface area (Å²) in [6.07, 6.45) is 1.81. The number of hydrogen-bond donors (Lipinski definition) is 1. The van der Waals surface area contributed by atoms with E-state index in [0.29, 0.717) is 6.54 Å². The van der Waals surface area contributed by atoms with E-state index in [-0.39, 0.29) is 0 Å². The highest BCUT2D eigenvalue weighted by Gasteiger charge is 2.05. The average Bonchev–Trinajstić information content (AvgIpc) is 2.35. The van der Waals surface area contributed by atoms with Crippen LogP contribution in [0, 0.1) is 0 Å². The Morgan fingerprint density at radius 3 is 2.69 bits per heavy atom. The van der Waals surface area contributed by atoms with Gasteiger partial charge >= 0.3 is 0 Å². The minimum absolute atomic E-state index is 0.627. The highest BCUT2D eigenvalue weighted by Crippen LogP contribution is 2.14. The third-order valence-electron chi connectivity index (χ3n) is 2.54. The molecule has 1 aromatic heterocycles. The van der Waals surface area contributed by atoms with E-state index in [4.69, 9.17) is 5.73 Å². The molecule has 0 amide bonds. The number of aromatic nitrogens is 2. The zero-order valence-corrected chi connectivity index (χ0v) is 9.43. The lowest BCUT2D eigenvalue weighted by Crippen LogP contribution is -2.29. The lowest BCUT2D eigenvalue weighted by Gasteiger charge is -2.20. The van der Waals surface area contributed by atoms with Gasteiger partial charge in [0.1, 0.15) is 5.82 Å². The quantitative estimate of drug-likeness (QED) is 0.839. The van der Waals surface area contributed by atoms with Gasteiger partial charge in [-0.3, -0.25) is 4.98 Å². The number of benzene rings is 1. The topological polar surface area (TPSA) is 55.0 Å². The number of fused-ring (bicyclic) bond motifs is 1. The average molecular weight is 216 g/mol. The molecule has 0 aliphatic heterocycles. The van der Waals surface area contributed by atoms with Crippen molar-refractivity contribution in [3.05, 3.63) is 30.5 Å². The fourth-order valence-electron chi connectivity index (χ4n) is 1.69. The van der Waals surface area contributed by atoms with Gasteiger partial charge in [0.15, 0.2) is 0 Å². The van der Waals surface area contributed by atoms with E-state index in [1.807, 2.05) is 30.5 Å². The van der Waals surface area contributed by atoms with Crippen LogP contribution in [0.4, 0.5) is 5.82 Å². The Balaban J connectivity index is 2.37. The van der Waals surface area contributed by atoms with Crippen molar-refractivity contribution in [3.8, 4) is 0 Å². The third-order valence-corrected chi connectivity index (χ3v) is 2.54. The minimum Gasteiger partial charge on any atom is -0.354 e. The first-order chi connectivity index (χ1) is 7.85. The lowest BCUT2D eigenvalue weighted by atomic mass is 10.3. The van der Waals surface area contributed by atoms with Gasteiger partial charge in [-0.1, -0.05) is 12.1 Å². The first-order valence-corrected chi connectivity index (χ1v) is 5.52. The molecular formula is C12H16N4. The zero-order valence-electron chi connectivity index (χ0n) is 9.43. The predicted molar refractivity (Wildman–Crippen MR) is 66.5 cm³/mol. The van der Waals surface area contributed by atoms with Crippen molar-refractivity contribution in [1.82, 2.24) is 9.97 Å². The number of para-hydroxylation sites is 2. The molecule has 2 rings (SSSR count). The van der Waals surface area contributed by atoms with Crippen LogP contribution >= 0.6 is 0 Å². The number of anilines is 1. The molecule has 0 bridgehead atoms. The molecule has 16 heavy (non-hydrogen) atoms. The number of likely N-dealkylation sites (N-methyl/N-ethyl adjacent to an activating group) is 1. The molecule has 84 valence electrons. The van der Waals surface area contributed by atoms with Crippen molar-refractivity contribution in [3.63, 3.8) is 0 Å². The van der Waals surface area contributed by atoms with Crippen LogP contribution in [0.3, 0.4) is 0 Å². The van der Waals surface area contributed by atoms with Gasteiger partial charge in [-0.05, 0) is 19.1 Å². The summed E-state index contributed by atoms with van der Waals surface area (Å²) >= 11 is 0. The molecule has 0 saturated heterocycles. The largest absolute Gasteiger partial charge is 0.354 e. The van der Waals surface area contributed by atoms with Gasteiger partial charge in [0.2, 0.25) is 0 Å². The Kier molecular flexibility index (Phi) is 3.31. The van der Waals surface area contributed by atoms with Crippen LogP contribution in [0.25, 0.3) is 11.0 Å². The number of rotatable bonds is 4. The Labute approximate surface area is 95.1 Å². The van der Waals surface area contributed by atoms with Crippen molar-refractivity contribution in [2.45, 2.75) is 6.92 Å². The van der Waals surface area contributed by atoms with Crippen LogP contribution in [0.15, 0.2) is 30.5 Å². The summed E-state index contributed by atoms with van der Waals surface area (Å²) < 4.78 is 0. The smallest absolute Gasteiger partial charge is 0.147 e. The molecule has 1 heterocycles. The Morgan fingerprint density at radius 2 is 2.00 bits per heavy atom. The Morgan fingerprint density at radius 1 is 1.25 bits per heavy atom. The Bertz CT molecular complexity index is 469. The van der Waals surface area contributed by atoms with Gasteiger partial charge in [-0.15, -0.1) is 0 Å². The fourth-order valence-corrected chi connectivity index (χ4v) is 1.69. The summed E-state index contributed by atoms with van der Waals surface area (Å²) in [5.41, 5.74) is 7.42. The van der Waals surface area contributed by atoms with Crippen LogP contribution < -0.4 is 10.6 Å². The maximum Gasteiger partial charge on any atom is 0.147 e. The van der Waals surface area contributed by atoms with Crippen LogP contribution in [0.5, 0.6) is 0 Å². The summed E-state index contributed by atoms with van der Waals surface area (Å²) in [7, 11) is 0. The van der Waals surface area contributed by atoms with Crippen LogP contribution in [0.1, 0.15) is 6.92 Å². The van der Waals surface area contributed by atoms with Gasteiger partial charge in [0.05, 0.1) is 17.2 Å². The molecule has 2 aromatic rings. The molecule has 1 aromatic carbocycles. The molecule has 0 aliphatic carbocycles. The number of hydrogen-bond acceptors (Lipinski definition) is 4. The molecular weight excluding hydrogens is 200 g/mol. The van der Waals surface area contributed by atoms with E-state index in [1.54, 1.807) is 0 Å². The second-order valence-electron chi connectivity index (χ2n) is 3.59. The van der Waals surface area contributed by atoms with E-state index in [9.17, 15) is 0 Å². The van der Waals surface area contributed by atoms with Gasteiger partial charge in [-0.2, -0.15) is 0 Å². The van der Waals surface area contributed by atoms with Gasteiger partial charge in [0.25, 0.3) is 0 Å². The molecule has 4 heteroatoms. The number of nitrogens with two attached hydrogens (primary N) is 1. The van der Waals surface area contributed by atoms with Crippen molar-refractivity contribution >= 4 is 16.9 Å². The summed E-state index contributed by atoms with van der Waals surface area (Å²) in [6.45, 7) is 4.42. The standard InChI is InChI=1S/C12H16N4/c1-2-16(8-7-13)12-9-14-10-5-3-4-6-11(10)15-12/h3-6,9H,2,7-8,13H2,1H3. The first-order valence-electron chi connectivity index (χ1n) is 5.52. The van der Waals surface area contributed by atoms with Crippen LogP contribution in [0.2, 0.25) is 0 Å². The highest BCUT2D eigenvalue weighted by molar-refractivity contribution is 5.75. The summed E-state index contributed by atoms with van der Waals surface area (Å²) in [5, 5.41) is 0. The molecule has 0 saturated carbocycles. The van der Waals surface area contributed by atoms with Crippen molar-refractivity contribution in [2.75, 3.05) is 24.5 Å². The second-order valence-corrected chi connectivity index (χ2v) is 3.59. The predicted octanol–water partition coefficient (Wildman–Crippen LogP) is 1.41. The van der Waals surface area contributed by atoms with E-state index < -0.39 is 0 Å². The maximum atomic E-state index is 5.57. The molecule has 2 N–H and O–H groups in total. The summed E-state index contributed by atoms with van der Waals surface area (Å²) in [5.74, 6) is 0.895. The maximum absolute atomic E-state index is 5.57. The zero-order chi connectivity index (χ0) is 11.4. The molecule has 4 nitrogen and oxygen atoms in total. The monoisotopic (exact) mass is 216 g/mol. The normalized spacial score (nSPS) is 10.6. The van der Waals surface area contributed by atoms with Crippen molar-refractivity contribution in [2.24, 2.45) is 5.73 Å². The molecule has 0 atom stereocenters. The van der Waals surface area contributed by atoms with E-state index in [0.717, 1.165) is 29.9 Å². The molecule has 0 unspecified atom stereocenters. The summed E-state index contributed by atoms with van der Waals surface area (Å²) in [6, 6.07) is 7.88. The van der Waals surface area contributed by atoms with Crippen LogP contribution in [-0.4, -0.2) is 29.6 Å². The molecule has 0 spiro atoms. The van der Waals surface area contributed by atoms with Crippen LogP contribution in [-0.2, 0) is 0 Å². The van der Waals surface area contributed by atoms with Crippen molar-refractivity contribution < 1.29 is 0 Å². The fraction of sp³-hybridized carbons (Fsp3) is 0.333. The Hall–Kier alpha value is -1.68. The molecule has 0 fully saturated rings. The van der Waals surface area contributed by atoms with Gasteiger partial charge in [0, 0.05) is 19.6 Å². The third kappa shape index (κ3) is 2.12. The molecule has 0 radical (unpaired) electrons.